The molecule has 1 unspecified atom stereocenters. The molecule has 8 heteroatoms. The van der Waals surface area contributed by atoms with Gasteiger partial charge in [-0.25, -0.2) is 9.78 Å². The first-order valence-electron chi connectivity index (χ1n) is 9.45. The fourth-order valence-corrected chi connectivity index (χ4v) is 3.22. The number of carbonyl (C=O) groups is 1. The molecule has 0 fully saturated rings. The van der Waals surface area contributed by atoms with E-state index in [0.29, 0.717) is 21.8 Å². The first-order valence-corrected chi connectivity index (χ1v) is 10.3. The van der Waals surface area contributed by atoms with Crippen molar-refractivity contribution in [2.45, 2.75) is 32.9 Å². The Labute approximate surface area is 179 Å². The maximum atomic E-state index is 11.3. The molecular weight excluding hydrogens is 404 g/mol. The summed E-state index contributed by atoms with van der Waals surface area (Å²) in [5, 5.41) is 3.81. The van der Waals surface area contributed by atoms with Gasteiger partial charge in [-0.05, 0) is 74.1 Å². The molecule has 158 valence electrons. The van der Waals surface area contributed by atoms with Gasteiger partial charge in [0, 0.05) is 0 Å². The first kappa shape index (κ1) is 21.4. The molecule has 1 atom stereocenters. The number of nitrogens with zero attached hydrogens (tertiary/aromatic N) is 1. The maximum Gasteiger partial charge on any atom is 0.407 e. The third-order valence-electron chi connectivity index (χ3n) is 3.98. The van der Waals surface area contributed by atoms with Crippen molar-refractivity contribution in [2.24, 2.45) is 0 Å². The van der Waals surface area contributed by atoms with Gasteiger partial charge in [0.15, 0.2) is 0 Å². The smallest absolute Gasteiger partial charge is 0.407 e. The number of carbonyl (C=O) groups excluding carboxylic acids is 1. The van der Waals surface area contributed by atoms with E-state index in [4.69, 9.17) is 14.2 Å². The normalized spacial score (nSPS) is 11.6. The van der Waals surface area contributed by atoms with Crippen molar-refractivity contribution in [2.75, 3.05) is 7.11 Å². The summed E-state index contributed by atoms with van der Waals surface area (Å²) in [5.74, 6) is 2.12. The van der Waals surface area contributed by atoms with Gasteiger partial charge in [-0.3, -0.25) is 0 Å². The van der Waals surface area contributed by atoms with Crippen LogP contribution < -0.4 is 19.5 Å². The number of methoxy groups -OCH3 is 1. The van der Waals surface area contributed by atoms with E-state index in [1.165, 1.54) is 18.4 Å². The lowest BCUT2D eigenvalue weighted by Gasteiger charge is -2.13. The molecule has 0 bridgehead atoms. The van der Waals surface area contributed by atoms with E-state index < -0.39 is 6.09 Å². The summed E-state index contributed by atoms with van der Waals surface area (Å²) in [6.07, 6.45) is 1.27. The van der Waals surface area contributed by atoms with E-state index in [2.05, 4.69) is 15.0 Å². The van der Waals surface area contributed by atoms with Gasteiger partial charge in [0.25, 0.3) is 5.19 Å². The Kier molecular flexibility index (Phi) is 7.13. The second-order valence-corrected chi connectivity index (χ2v) is 7.67. The molecule has 2 aromatic carbocycles. The first-order chi connectivity index (χ1) is 14.4. The van der Waals surface area contributed by atoms with Crippen LogP contribution in [0.4, 0.5) is 4.79 Å². The lowest BCUT2D eigenvalue weighted by atomic mass is 10.1. The second-order valence-electron chi connectivity index (χ2n) is 6.71. The van der Waals surface area contributed by atoms with Crippen LogP contribution in [0.25, 0.3) is 0 Å². The zero-order valence-electron chi connectivity index (χ0n) is 17.2. The number of amides is 1. The van der Waals surface area contributed by atoms with E-state index >= 15 is 0 Å². The number of benzene rings is 2. The number of nitrogens with one attached hydrogen (secondary N) is 1. The van der Waals surface area contributed by atoms with Crippen molar-refractivity contribution in [1.82, 2.24) is 10.3 Å². The number of aromatic nitrogens is 1. The Balaban J connectivity index is 1.57. The fraction of sp³-hybridized carbons (Fsp3) is 0.273. The fourth-order valence-electron chi connectivity index (χ4n) is 2.56. The highest BCUT2D eigenvalue weighted by Gasteiger charge is 2.11. The zero-order chi connectivity index (χ0) is 21.5. The van der Waals surface area contributed by atoms with Crippen molar-refractivity contribution < 1.29 is 23.7 Å². The molecule has 1 N–H and O–H groups in total. The molecule has 3 rings (SSSR count). The molecule has 0 radical (unpaired) electrons. The minimum atomic E-state index is -0.470. The highest BCUT2D eigenvalue weighted by molar-refractivity contribution is 7.15. The van der Waals surface area contributed by atoms with Crippen molar-refractivity contribution >= 4 is 17.4 Å². The van der Waals surface area contributed by atoms with Gasteiger partial charge in [-0.15, -0.1) is 0 Å². The monoisotopic (exact) mass is 428 g/mol. The Morgan fingerprint density at radius 3 is 2.17 bits per heavy atom. The van der Waals surface area contributed by atoms with Gasteiger partial charge in [0.1, 0.15) is 17.2 Å². The van der Waals surface area contributed by atoms with Crippen LogP contribution in [0.5, 0.6) is 27.5 Å². The predicted octanol–water partition coefficient (Wildman–Crippen LogP) is 5.93. The topological polar surface area (TPSA) is 78.9 Å². The maximum absolute atomic E-state index is 11.3. The van der Waals surface area contributed by atoms with Crippen LogP contribution in [0.1, 0.15) is 32.4 Å². The van der Waals surface area contributed by atoms with E-state index in [1.807, 2.05) is 69.3 Å². The summed E-state index contributed by atoms with van der Waals surface area (Å²) in [4.78, 5) is 15.6. The molecular formula is C22H24N2O5S. The number of ether oxygens (including phenoxy) is 4. The highest BCUT2D eigenvalue weighted by Crippen LogP contribution is 2.34. The molecule has 30 heavy (non-hydrogen) atoms. The van der Waals surface area contributed by atoms with Crippen LogP contribution in [0.15, 0.2) is 54.7 Å². The van der Waals surface area contributed by atoms with Crippen LogP contribution in [-0.4, -0.2) is 24.3 Å². The molecule has 0 aliphatic carbocycles. The molecule has 1 amide bonds. The van der Waals surface area contributed by atoms with Crippen molar-refractivity contribution in [3.05, 3.63) is 60.3 Å². The summed E-state index contributed by atoms with van der Waals surface area (Å²) in [6, 6.07) is 14.6. The Bertz CT molecular complexity index is 954. The molecule has 0 saturated heterocycles. The standard InChI is InChI=1S/C22H24N2O5S/c1-14(2)27-17-9-11-19(12-10-17)29-22-23-13-20(30-22)28-18-7-5-16(6-8-18)15(3)24-21(25)26-4/h5-15H,1-4H3,(H,24,25). The average molecular weight is 429 g/mol. The third-order valence-corrected chi connectivity index (χ3v) is 4.74. The van der Waals surface area contributed by atoms with E-state index in [1.54, 1.807) is 6.20 Å². The lowest BCUT2D eigenvalue weighted by Crippen LogP contribution is -2.26. The van der Waals surface area contributed by atoms with Crippen LogP contribution in [-0.2, 0) is 4.74 Å². The molecule has 0 aliphatic rings. The lowest BCUT2D eigenvalue weighted by molar-refractivity contribution is 0.167. The number of alkyl carbamates (subject to hydrolysis) is 1. The van der Waals surface area contributed by atoms with E-state index in [0.717, 1.165) is 11.3 Å². The molecule has 0 spiro atoms. The molecule has 0 saturated carbocycles. The zero-order valence-corrected chi connectivity index (χ0v) is 18.1. The van der Waals surface area contributed by atoms with Gasteiger partial charge in [0.05, 0.1) is 25.5 Å². The summed E-state index contributed by atoms with van der Waals surface area (Å²) in [6.45, 7) is 5.84. The van der Waals surface area contributed by atoms with Crippen molar-refractivity contribution in [3.8, 4) is 27.5 Å². The van der Waals surface area contributed by atoms with Crippen LogP contribution in [0, 0.1) is 0 Å². The summed E-state index contributed by atoms with van der Waals surface area (Å²) in [5.41, 5.74) is 0.936. The second kappa shape index (κ2) is 9.98. The van der Waals surface area contributed by atoms with Crippen molar-refractivity contribution in [3.63, 3.8) is 0 Å². The molecule has 3 aromatic rings. The minimum absolute atomic E-state index is 0.122. The van der Waals surface area contributed by atoms with Gasteiger partial charge < -0.3 is 24.3 Å². The largest absolute Gasteiger partial charge is 0.491 e. The molecule has 1 aromatic heterocycles. The SMILES string of the molecule is COC(=O)NC(C)c1ccc(Oc2cnc(Oc3ccc(OC(C)C)cc3)s2)cc1. The number of hydrogen-bond acceptors (Lipinski definition) is 7. The van der Waals surface area contributed by atoms with Gasteiger partial charge >= 0.3 is 6.09 Å². The Morgan fingerprint density at radius 2 is 1.53 bits per heavy atom. The summed E-state index contributed by atoms with van der Waals surface area (Å²) in [7, 11) is 1.34. The minimum Gasteiger partial charge on any atom is -0.491 e. The Morgan fingerprint density at radius 1 is 0.933 bits per heavy atom. The molecule has 7 nitrogen and oxygen atoms in total. The van der Waals surface area contributed by atoms with Crippen molar-refractivity contribution in [1.29, 1.82) is 0 Å². The molecule has 0 aliphatic heterocycles. The van der Waals surface area contributed by atoms with Gasteiger partial charge in [-0.2, -0.15) is 0 Å². The average Bonchev–Trinajstić information content (AvgIpc) is 3.16. The van der Waals surface area contributed by atoms with E-state index in [-0.39, 0.29) is 12.1 Å². The van der Waals surface area contributed by atoms with Gasteiger partial charge in [-0.1, -0.05) is 12.1 Å². The van der Waals surface area contributed by atoms with Crippen LogP contribution >= 0.6 is 11.3 Å². The summed E-state index contributed by atoms with van der Waals surface area (Å²) >= 11 is 1.30. The molecule has 1 heterocycles. The van der Waals surface area contributed by atoms with Crippen LogP contribution in [0.3, 0.4) is 0 Å². The van der Waals surface area contributed by atoms with Crippen LogP contribution in [0.2, 0.25) is 0 Å². The quantitative estimate of drug-likeness (QED) is 0.479. The van der Waals surface area contributed by atoms with Gasteiger partial charge in [0.2, 0.25) is 5.06 Å². The van der Waals surface area contributed by atoms with E-state index in [9.17, 15) is 4.79 Å². The highest BCUT2D eigenvalue weighted by atomic mass is 32.1. The predicted molar refractivity (Wildman–Crippen MR) is 115 cm³/mol. The Hall–Kier alpha value is -3.26. The number of rotatable bonds is 8. The number of thiazole rings is 1. The third kappa shape index (κ3) is 6.12. The number of hydrogen-bond donors (Lipinski definition) is 1. The summed E-state index contributed by atoms with van der Waals surface area (Å²) < 4.78 is 21.8.